The van der Waals surface area contributed by atoms with Crippen molar-refractivity contribution in [3.8, 4) is 5.75 Å². The van der Waals surface area contributed by atoms with Gasteiger partial charge in [0.15, 0.2) is 0 Å². The minimum atomic E-state index is -0.329. The lowest BCUT2D eigenvalue weighted by molar-refractivity contribution is 0.295. The molecule has 1 heterocycles. The van der Waals surface area contributed by atoms with Crippen LogP contribution in [0.4, 0.5) is 4.39 Å². The third kappa shape index (κ3) is 3.60. The molecule has 108 valence electrons. The van der Waals surface area contributed by atoms with Crippen LogP contribution in [0.15, 0.2) is 34.9 Å². The van der Waals surface area contributed by atoms with Crippen LogP contribution in [0.3, 0.4) is 0 Å². The van der Waals surface area contributed by atoms with Gasteiger partial charge in [0.2, 0.25) is 0 Å². The van der Waals surface area contributed by atoms with Crippen molar-refractivity contribution in [3.63, 3.8) is 0 Å². The second-order valence-electron chi connectivity index (χ2n) is 4.62. The first kappa shape index (κ1) is 15.0. The smallest absolute Gasteiger partial charge is 0.141 e. The topological polar surface area (TPSA) is 27.1 Å². The predicted molar refractivity (Wildman–Crippen MR) is 80.3 cm³/mol. The molecular weight excluding hydrogens is 323 g/mol. The van der Waals surface area contributed by atoms with E-state index in [1.807, 2.05) is 16.9 Å². The van der Waals surface area contributed by atoms with E-state index in [1.54, 1.807) is 12.1 Å². The minimum absolute atomic E-state index is 0.329. The summed E-state index contributed by atoms with van der Waals surface area (Å²) in [7, 11) is 0. The molecule has 0 N–H and O–H groups in total. The van der Waals surface area contributed by atoms with Gasteiger partial charge in [-0.3, -0.25) is 4.68 Å². The molecule has 0 radical (unpaired) electrons. The zero-order valence-electron chi connectivity index (χ0n) is 11.6. The van der Waals surface area contributed by atoms with Gasteiger partial charge in [-0.1, -0.05) is 13.8 Å². The number of hydrogen-bond acceptors (Lipinski definition) is 2. The molecule has 20 heavy (non-hydrogen) atoms. The lowest BCUT2D eigenvalue weighted by Gasteiger charge is -2.12. The van der Waals surface area contributed by atoms with Crippen LogP contribution in [0.25, 0.3) is 0 Å². The van der Waals surface area contributed by atoms with Crippen LogP contribution in [-0.4, -0.2) is 9.78 Å². The van der Waals surface area contributed by atoms with E-state index in [2.05, 4.69) is 34.9 Å². The molecule has 0 aliphatic heterocycles. The zero-order chi connectivity index (χ0) is 14.5. The second kappa shape index (κ2) is 6.88. The third-order valence-corrected chi connectivity index (χ3v) is 3.90. The van der Waals surface area contributed by atoms with Crippen LogP contribution < -0.4 is 4.74 Å². The van der Waals surface area contributed by atoms with Crippen molar-refractivity contribution in [3.05, 3.63) is 46.4 Å². The summed E-state index contributed by atoms with van der Waals surface area (Å²) in [5.41, 5.74) is 0.847. The van der Waals surface area contributed by atoms with Crippen molar-refractivity contribution in [1.29, 1.82) is 0 Å². The van der Waals surface area contributed by atoms with Crippen molar-refractivity contribution in [2.45, 2.75) is 39.3 Å². The van der Waals surface area contributed by atoms with Crippen LogP contribution in [0.5, 0.6) is 5.75 Å². The molecule has 2 aromatic rings. The van der Waals surface area contributed by atoms with Crippen molar-refractivity contribution in [1.82, 2.24) is 9.78 Å². The Morgan fingerprint density at radius 1 is 1.30 bits per heavy atom. The van der Waals surface area contributed by atoms with E-state index in [0.29, 0.717) is 22.9 Å². The predicted octanol–water partition coefficient (Wildman–Crippen LogP) is 4.72. The molecule has 0 bridgehead atoms. The highest BCUT2D eigenvalue weighted by atomic mass is 79.9. The highest BCUT2D eigenvalue weighted by Gasteiger charge is 2.08. The lowest BCUT2D eigenvalue weighted by Crippen LogP contribution is -2.08. The zero-order valence-corrected chi connectivity index (χ0v) is 13.2. The summed E-state index contributed by atoms with van der Waals surface area (Å²) in [6.45, 7) is 4.64. The summed E-state index contributed by atoms with van der Waals surface area (Å²) in [4.78, 5) is 0. The molecule has 0 saturated heterocycles. The fourth-order valence-electron chi connectivity index (χ4n) is 2.04. The van der Waals surface area contributed by atoms with Gasteiger partial charge in [-0.2, -0.15) is 5.10 Å². The molecule has 0 saturated carbocycles. The van der Waals surface area contributed by atoms with Gasteiger partial charge < -0.3 is 4.74 Å². The normalized spacial score (nSPS) is 11.1. The highest BCUT2D eigenvalue weighted by Crippen LogP contribution is 2.21. The number of nitrogens with zero attached hydrogens (tertiary/aromatic N) is 2. The fourth-order valence-corrected chi connectivity index (χ4v) is 2.29. The fraction of sp³-hybridized carbons (Fsp3) is 0.400. The van der Waals surface area contributed by atoms with E-state index in [1.165, 1.54) is 6.07 Å². The molecule has 2 rings (SSSR count). The first-order valence-electron chi connectivity index (χ1n) is 6.76. The van der Waals surface area contributed by atoms with Crippen molar-refractivity contribution in [2.75, 3.05) is 0 Å². The summed E-state index contributed by atoms with van der Waals surface area (Å²) < 4.78 is 21.3. The molecule has 0 aliphatic rings. The Morgan fingerprint density at radius 2 is 2.05 bits per heavy atom. The molecule has 0 unspecified atom stereocenters. The molecule has 0 spiro atoms. The summed E-state index contributed by atoms with van der Waals surface area (Å²) >= 11 is 3.11. The first-order chi connectivity index (χ1) is 9.63. The quantitative estimate of drug-likeness (QED) is 0.760. The summed E-state index contributed by atoms with van der Waals surface area (Å²) in [6, 6.07) is 7.09. The largest absolute Gasteiger partial charge is 0.487 e. The maximum Gasteiger partial charge on any atom is 0.141 e. The van der Waals surface area contributed by atoms with Crippen molar-refractivity contribution in [2.24, 2.45) is 0 Å². The van der Waals surface area contributed by atoms with Gasteiger partial charge in [-0.05, 0) is 47.0 Å². The Bertz CT molecular complexity index is 567. The molecule has 0 amide bonds. The van der Waals surface area contributed by atoms with Crippen LogP contribution in [0.2, 0.25) is 0 Å². The number of ether oxygens (including phenoxy) is 1. The van der Waals surface area contributed by atoms with E-state index in [4.69, 9.17) is 4.74 Å². The van der Waals surface area contributed by atoms with Crippen LogP contribution in [-0.2, 0) is 6.61 Å². The van der Waals surface area contributed by atoms with Crippen LogP contribution in [0, 0.1) is 5.82 Å². The monoisotopic (exact) mass is 340 g/mol. The molecule has 1 aromatic carbocycles. The molecular formula is C15H18BrFN2O. The maximum absolute atomic E-state index is 13.4. The average Bonchev–Trinajstić information content (AvgIpc) is 2.90. The Labute approximate surface area is 126 Å². The molecule has 0 aliphatic carbocycles. The van der Waals surface area contributed by atoms with E-state index in [9.17, 15) is 4.39 Å². The Balaban J connectivity index is 1.98. The maximum atomic E-state index is 13.4. The SMILES string of the molecule is CCC(CC)n1ccc(COc2ccc(Br)c(F)c2)n1. The Hall–Kier alpha value is -1.36. The molecule has 3 nitrogen and oxygen atoms in total. The number of aromatic nitrogens is 2. The van der Waals surface area contributed by atoms with Gasteiger partial charge in [-0.15, -0.1) is 0 Å². The minimum Gasteiger partial charge on any atom is -0.487 e. The molecule has 5 heteroatoms. The highest BCUT2D eigenvalue weighted by molar-refractivity contribution is 9.10. The van der Waals surface area contributed by atoms with E-state index in [0.717, 1.165) is 18.5 Å². The van der Waals surface area contributed by atoms with Gasteiger partial charge in [0, 0.05) is 12.3 Å². The summed E-state index contributed by atoms with van der Waals surface area (Å²) in [5, 5.41) is 4.50. The third-order valence-electron chi connectivity index (χ3n) is 3.26. The average molecular weight is 341 g/mol. The lowest BCUT2D eigenvalue weighted by atomic mass is 10.2. The number of halogens is 2. The van der Waals surface area contributed by atoms with Gasteiger partial charge >= 0.3 is 0 Å². The second-order valence-corrected chi connectivity index (χ2v) is 5.48. The Kier molecular flexibility index (Phi) is 5.17. The summed E-state index contributed by atoms with van der Waals surface area (Å²) in [6.07, 6.45) is 4.07. The number of hydrogen-bond donors (Lipinski definition) is 0. The molecule has 0 atom stereocenters. The van der Waals surface area contributed by atoms with Crippen LogP contribution in [0.1, 0.15) is 38.4 Å². The van der Waals surface area contributed by atoms with E-state index < -0.39 is 0 Å². The van der Waals surface area contributed by atoms with Crippen LogP contribution >= 0.6 is 15.9 Å². The Morgan fingerprint density at radius 3 is 2.70 bits per heavy atom. The molecule has 0 fully saturated rings. The van der Waals surface area contributed by atoms with Gasteiger partial charge in [0.05, 0.1) is 16.2 Å². The van der Waals surface area contributed by atoms with E-state index in [-0.39, 0.29) is 5.82 Å². The van der Waals surface area contributed by atoms with Crippen molar-refractivity contribution >= 4 is 15.9 Å². The van der Waals surface area contributed by atoms with E-state index >= 15 is 0 Å². The van der Waals surface area contributed by atoms with Gasteiger partial charge in [0.25, 0.3) is 0 Å². The van der Waals surface area contributed by atoms with Gasteiger partial charge in [-0.25, -0.2) is 4.39 Å². The number of benzene rings is 1. The standard InChI is InChI=1S/C15H18BrFN2O/c1-3-12(4-2)19-8-7-11(18-19)10-20-13-5-6-14(16)15(17)9-13/h5-9,12H,3-4,10H2,1-2H3. The summed E-state index contributed by atoms with van der Waals surface area (Å²) in [5.74, 6) is 0.174. The number of rotatable bonds is 6. The van der Waals surface area contributed by atoms with Gasteiger partial charge in [0.1, 0.15) is 18.2 Å². The molecule has 1 aromatic heterocycles. The first-order valence-corrected chi connectivity index (χ1v) is 7.55. The van der Waals surface area contributed by atoms with Crippen molar-refractivity contribution < 1.29 is 9.13 Å².